The maximum absolute atomic E-state index is 12.2. The monoisotopic (exact) mass is 251 g/mol. The summed E-state index contributed by atoms with van der Waals surface area (Å²) < 4.78 is 0. The molecule has 2 aromatic rings. The standard InChI is InChI=1S/C15H9NO3/c17-13(9-4-2-1-3-5-9)10-6-7-11-12(8-10)15(19)16-14(11)18/h1-8H,(H,16,18,19). The van der Waals surface area contributed by atoms with Gasteiger partial charge in [-0.1, -0.05) is 36.4 Å². The summed E-state index contributed by atoms with van der Waals surface area (Å²) in [6.07, 6.45) is 0. The number of carbonyl (C=O) groups excluding carboxylic acids is 3. The molecule has 2 amide bonds. The molecule has 0 unspecified atom stereocenters. The minimum absolute atomic E-state index is 0.171. The summed E-state index contributed by atoms with van der Waals surface area (Å²) in [4.78, 5) is 35.2. The van der Waals surface area contributed by atoms with Gasteiger partial charge in [-0.05, 0) is 12.1 Å². The number of nitrogens with one attached hydrogen (secondary N) is 1. The van der Waals surface area contributed by atoms with Crippen molar-refractivity contribution >= 4 is 17.6 Å². The Morgan fingerprint density at radius 1 is 0.789 bits per heavy atom. The van der Waals surface area contributed by atoms with Crippen molar-refractivity contribution in [3.63, 3.8) is 0 Å². The van der Waals surface area contributed by atoms with Crippen molar-refractivity contribution in [2.75, 3.05) is 0 Å². The summed E-state index contributed by atoms with van der Waals surface area (Å²) in [6.45, 7) is 0. The highest BCUT2D eigenvalue weighted by molar-refractivity contribution is 6.22. The largest absolute Gasteiger partial charge is 0.289 e. The highest BCUT2D eigenvalue weighted by Crippen LogP contribution is 2.19. The molecule has 0 fully saturated rings. The normalized spacial score (nSPS) is 13.1. The Hall–Kier alpha value is -2.75. The molecule has 1 aliphatic rings. The lowest BCUT2D eigenvalue weighted by molar-refractivity contribution is 0.0879. The zero-order chi connectivity index (χ0) is 13.4. The number of hydrogen-bond donors (Lipinski definition) is 1. The van der Waals surface area contributed by atoms with Crippen LogP contribution in [0.2, 0.25) is 0 Å². The third kappa shape index (κ3) is 1.83. The van der Waals surface area contributed by atoms with Gasteiger partial charge in [-0.2, -0.15) is 0 Å². The molecule has 4 nitrogen and oxygen atoms in total. The second-order valence-corrected chi connectivity index (χ2v) is 4.24. The average Bonchev–Trinajstić information content (AvgIpc) is 2.74. The molecular formula is C15H9NO3. The zero-order valence-corrected chi connectivity index (χ0v) is 9.84. The molecular weight excluding hydrogens is 242 g/mol. The number of benzene rings is 2. The molecule has 3 rings (SSSR count). The molecule has 1 aliphatic heterocycles. The molecule has 0 radical (unpaired) electrons. The van der Waals surface area contributed by atoms with Crippen molar-refractivity contribution in [3.05, 3.63) is 70.8 Å². The second-order valence-electron chi connectivity index (χ2n) is 4.24. The minimum Gasteiger partial charge on any atom is -0.289 e. The molecule has 2 aromatic carbocycles. The van der Waals surface area contributed by atoms with E-state index in [1.165, 1.54) is 12.1 Å². The second kappa shape index (κ2) is 4.17. The van der Waals surface area contributed by atoms with Gasteiger partial charge in [0.1, 0.15) is 0 Å². The van der Waals surface area contributed by atoms with Gasteiger partial charge in [-0.25, -0.2) is 0 Å². The lowest BCUT2D eigenvalue weighted by Gasteiger charge is -2.02. The predicted molar refractivity (Wildman–Crippen MR) is 68.1 cm³/mol. The number of hydrogen-bond acceptors (Lipinski definition) is 3. The lowest BCUT2D eigenvalue weighted by Crippen LogP contribution is -2.19. The maximum Gasteiger partial charge on any atom is 0.258 e. The van der Waals surface area contributed by atoms with Gasteiger partial charge < -0.3 is 0 Å². The Labute approximate surface area is 109 Å². The third-order valence-corrected chi connectivity index (χ3v) is 3.03. The predicted octanol–water partition coefficient (Wildman–Crippen LogP) is 1.80. The number of ketones is 1. The van der Waals surface area contributed by atoms with Gasteiger partial charge in [0.15, 0.2) is 5.78 Å². The molecule has 1 N–H and O–H groups in total. The fourth-order valence-electron chi connectivity index (χ4n) is 2.07. The zero-order valence-electron chi connectivity index (χ0n) is 9.84. The molecule has 19 heavy (non-hydrogen) atoms. The summed E-state index contributed by atoms with van der Waals surface area (Å²) in [5.41, 5.74) is 1.52. The molecule has 4 heteroatoms. The van der Waals surface area contributed by atoms with Crippen molar-refractivity contribution in [1.82, 2.24) is 5.32 Å². The van der Waals surface area contributed by atoms with E-state index in [0.717, 1.165) is 0 Å². The van der Waals surface area contributed by atoms with Crippen molar-refractivity contribution in [3.8, 4) is 0 Å². The van der Waals surface area contributed by atoms with Gasteiger partial charge in [-0.15, -0.1) is 0 Å². The number of fused-ring (bicyclic) bond motifs is 1. The van der Waals surface area contributed by atoms with Crippen LogP contribution in [-0.4, -0.2) is 17.6 Å². The smallest absolute Gasteiger partial charge is 0.258 e. The Kier molecular flexibility index (Phi) is 2.49. The third-order valence-electron chi connectivity index (χ3n) is 3.03. The molecule has 0 aliphatic carbocycles. The Morgan fingerprint density at radius 2 is 1.47 bits per heavy atom. The molecule has 0 atom stereocenters. The minimum atomic E-state index is -0.456. The van der Waals surface area contributed by atoms with Gasteiger partial charge in [0.2, 0.25) is 0 Å². The van der Waals surface area contributed by atoms with Crippen LogP contribution in [0, 0.1) is 0 Å². The lowest BCUT2D eigenvalue weighted by atomic mass is 9.99. The molecule has 0 bridgehead atoms. The topological polar surface area (TPSA) is 63.2 Å². The first kappa shape index (κ1) is 11.3. The number of imide groups is 1. The number of amides is 2. The van der Waals surface area contributed by atoms with Crippen molar-refractivity contribution in [1.29, 1.82) is 0 Å². The van der Waals surface area contributed by atoms with Gasteiger partial charge >= 0.3 is 0 Å². The van der Waals surface area contributed by atoms with E-state index in [-0.39, 0.29) is 11.3 Å². The molecule has 0 spiro atoms. The summed E-state index contributed by atoms with van der Waals surface area (Å²) >= 11 is 0. The van der Waals surface area contributed by atoms with E-state index in [9.17, 15) is 14.4 Å². The first-order valence-corrected chi connectivity index (χ1v) is 5.76. The van der Waals surface area contributed by atoms with Crippen LogP contribution in [0.5, 0.6) is 0 Å². The van der Waals surface area contributed by atoms with Crippen LogP contribution in [0.15, 0.2) is 48.5 Å². The highest BCUT2D eigenvalue weighted by Gasteiger charge is 2.27. The van der Waals surface area contributed by atoms with E-state index in [2.05, 4.69) is 5.32 Å². The van der Waals surface area contributed by atoms with Crippen LogP contribution in [0.3, 0.4) is 0 Å². The fraction of sp³-hybridized carbons (Fsp3) is 0. The van der Waals surface area contributed by atoms with Gasteiger partial charge in [0.05, 0.1) is 11.1 Å². The van der Waals surface area contributed by atoms with Crippen LogP contribution in [0.25, 0.3) is 0 Å². The average molecular weight is 251 g/mol. The van der Waals surface area contributed by atoms with Crippen LogP contribution < -0.4 is 5.32 Å². The molecule has 1 heterocycles. The van der Waals surface area contributed by atoms with E-state index in [1.54, 1.807) is 30.3 Å². The molecule has 0 saturated carbocycles. The SMILES string of the molecule is O=C(c1ccccc1)c1ccc2c(c1)C(=O)NC2=O. The van der Waals surface area contributed by atoms with Gasteiger partial charge in [-0.3, -0.25) is 19.7 Å². The van der Waals surface area contributed by atoms with Crippen LogP contribution >= 0.6 is 0 Å². The van der Waals surface area contributed by atoms with E-state index < -0.39 is 11.8 Å². The van der Waals surface area contributed by atoms with Crippen molar-refractivity contribution in [2.24, 2.45) is 0 Å². The molecule has 0 saturated heterocycles. The number of rotatable bonds is 2. The Balaban J connectivity index is 2.05. The highest BCUT2D eigenvalue weighted by atomic mass is 16.2. The van der Waals surface area contributed by atoms with Gasteiger partial charge in [0.25, 0.3) is 11.8 Å². The van der Waals surface area contributed by atoms with Crippen molar-refractivity contribution < 1.29 is 14.4 Å². The van der Waals surface area contributed by atoms with E-state index in [0.29, 0.717) is 16.7 Å². The van der Waals surface area contributed by atoms with Gasteiger partial charge in [0, 0.05) is 11.1 Å². The molecule has 0 aromatic heterocycles. The Bertz CT molecular complexity index is 705. The van der Waals surface area contributed by atoms with Crippen LogP contribution in [0.1, 0.15) is 36.6 Å². The summed E-state index contributed by atoms with van der Waals surface area (Å²) in [5, 5.41) is 2.20. The first-order chi connectivity index (χ1) is 9.16. The van der Waals surface area contributed by atoms with E-state index in [4.69, 9.17) is 0 Å². The fourth-order valence-corrected chi connectivity index (χ4v) is 2.07. The Morgan fingerprint density at radius 3 is 2.21 bits per heavy atom. The maximum atomic E-state index is 12.2. The summed E-state index contributed by atoms with van der Waals surface area (Å²) in [6, 6.07) is 13.3. The van der Waals surface area contributed by atoms with Crippen LogP contribution in [-0.2, 0) is 0 Å². The first-order valence-electron chi connectivity index (χ1n) is 5.76. The molecule has 92 valence electrons. The quantitative estimate of drug-likeness (QED) is 0.654. The van der Waals surface area contributed by atoms with Crippen LogP contribution in [0.4, 0.5) is 0 Å². The number of carbonyl (C=O) groups is 3. The van der Waals surface area contributed by atoms with Crippen molar-refractivity contribution in [2.45, 2.75) is 0 Å². The summed E-state index contributed by atoms with van der Waals surface area (Å²) in [7, 11) is 0. The summed E-state index contributed by atoms with van der Waals surface area (Å²) in [5.74, 6) is -1.04. The van der Waals surface area contributed by atoms with E-state index in [1.807, 2.05) is 6.07 Å². The van der Waals surface area contributed by atoms with E-state index >= 15 is 0 Å².